The summed E-state index contributed by atoms with van der Waals surface area (Å²) in [5.74, 6) is 4.46. The Labute approximate surface area is 148 Å². The summed E-state index contributed by atoms with van der Waals surface area (Å²) in [6.45, 7) is 6.14. The summed E-state index contributed by atoms with van der Waals surface area (Å²) in [6.07, 6.45) is 3.79. The molecule has 7 nitrogen and oxygen atoms in total. The second-order valence-corrected chi connectivity index (χ2v) is 6.79. The van der Waals surface area contributed by atoms with Crippen LogP contribution in [0.5, 0.6) is 0 Å². The highest BCUT2D eigenvalue weighted by atomic mass is 16.4. The number of nitrogens with zero attached hydrogens (tertiary/aromatic N) is 4. The molecule has 1 aromatic rings. The molecule has 25 heavy (non-hydrogen) atoms. The van der Waals surface area contributed by atoms with Gasteiger partial charge in [0.2, 0.25) is 0 Å². The van der Waals surface area contributed by atoms with Crippen molar-refractivity contribution in [3.05, 3.63) is 29.8 Å². The number of anilines is 1. The fourth-order valence-electron chi connectivity index (χ4n) is 3.84. The molecule has 2 heterocycles. The van der Waals surface area contributed by atoms with Crippen molar-refractivity contribution in [3.8, 4) is 0 Å². The summed E-state index contributed by atoms with van der Waals surface area (Å²) in [4.78, 5) is 17.8. The summed E-state index contributed by atoms with van der Waals surface area (Å²) in [7, 11) is 0. The number of piperazine rings is 1. The van der Waals surface area contributed by atoms with Crippen molar-refractivity contribution in [2.24, 2.45) is 10.9 Å². The highest BCUT2D eigenvalue weighted by molar-refractivity contribution is 5.80. The van der Waals surface area contributed by atoms with Gasteiger partial charge in [-0.2, -0.15) is 5.10 Å². The topological polar surface area (TPSA) is 85.4 Å². The summed E-state index contributed by atoms with van der Waals surface area (Å²) < 4.78 is 0. The van der Waals surface area contributed by atoms with Crippen molar-refractivity contribution in [1.82, 2.24) is 9.80 Å². The van der Waals surface area contributed by atoms with Crippen molar-refractivity contribution < 1.29 is 9.90 Å². The molecule has 2 aliphatic heterocycles. The zero-order chi connectivity index (χ0) is 17.6. The maximum atomic E-state index is 10.8. The first-order chi connectivity index (χ1) is 12.2. The summed E-state index contributed by atoms with van der Waals surface area (Å²) in [6, 6.07) is 8.91. The second-order valence-electron chi connectivity index (χ2n) is 6.79. The lowest BCUT2D eigenvalue weighted by Gasteiger charge is -2.43. The number of nitrogens with two attached hydrogens (primary N) is 1. The Morgan fingerprint density at radius 3 is 2.32 bits per heavy atom. The Bertz CT molecular complexity index is 588. The molecule has 1 aromatic carbocycles. The number of carboxylic acid groups (broad SMARTS) is 1. The van der Waals surface area contributed by atoms with Gasteiger partial charge >= 0.3 is 5.97 Å². The normalized spacial score (nSPS) is 21.0. The van der Waals surface area contributed by atoms with Crippen molar-refractivity contribution in [1.29, 1.82) is 0 Å². The fraction of sp³-hybridized carbons (Fsp3) is 0.556. The SMILES string of the molecule is N/N=C/c1ccc(N2CCN(C3CCN(CC(=O)O)CC3)CC2)cc1. The van der Waals surface area contributed by atoms with E-state index in [1.165, 1.54) is 5.69 Å². The molecular weight excluding hydrogens is 318 g/mol. The average Bonchev–Trinajstić information content (AvgIpc) is 2.63. The van der Waals surface area contributed by atoms with Crippen molar-refractivity contribution >= 4 is 17.9 Å². The third-order valence-electron chi connectivity index (χ3n) is 5.23. The monoisotopic (exact) mass is 345 g/mol. The van der Waals surface area contributed by atoms with E-state index in [4.69, 9.17) is 10.9 Å². The lowest BCUT2D eigenvalue weighted by Crippen LogP contribution is -2.53. The van der Waals surface area contributed by atoms with Gasteiger partial charge in [0.1, 0.15) is 0 Å². The first-order valence-electron chi connectivity index (χ1n) is 8.92. The van der Waals surface area contributed by atoms with Gasteiger partial charge in [-0.25, -0.2) is 0 Å². The molecule has 136 valence electrons. The van der Waals surface area contributed by atoms with Gasteiger partial charge in [0.15, 0.2) is 0 Å². The van der Waals surface area contributed by atoms with Gasteiger partial charge in [0, 0.05) is 51.0 Å². The highest BCUT2D eigenvalue weighted by Gasteiger charge is 2.28. The van der Waals surface area contributed by atoms with Crippen LogP contribution in [0.3, 0.4) is 0 Å². The summed E-state index contributed by atoms with van der Waals surface area (Å²) in [5.41, 5.74) is 2.25. The van der Waals surface area contributed by atoms with E-state index in [9.17, 15) is 4.79 Å². The van der Waals surface area contributed by atoms with Crippen LogP contribution < -0.4 is 10.7 Å². The van der Waals surface area contributed by atoms with Crippen molar-refractivity contribution in [2.45, 2.75) is 18.9 Å². The largest absolute Gasteiger partial charge is 0.480 e. The molecule has 3 rings (SSSR count). The van der Waals surface area contributed by atoms with Crippen LogP contribution in [0.4, 0.5) is 5.69 Å². The predicted octanol–water partition coefficient (Wildman–Crippen LogP) is 0.650. The Morgan fingerprint density at radius 2 is 1.76 bits per heavy atom. The first kappa shape index (κ1) is 17.7. The van der Waals surface area contributed by atoms with Gasteiger partial charge in [0.05, 0.1) is 12.8 Å². The number of likely N-dealkylation sites (tertiary alicyclic amines) is 1. The number of carbonyl (C=O) groups is 1. The Balaban J connectivity index is 1.46. The molecule has 3 N–H and O–H groups in total. The van der Waals surface area contributed by atoms with Crippen LogP contribution >= 0.6 is 0 Å². The highest BCUT2D eigenvalue weighted by Crippen LogP contribution is 2.21. The van der Waals surface area contributed by atoms with Gasteiger partial charge in [-0.05, 0) is 30.5 Å². The van der Waals surface area contributed by atoms with E-state index in [1.54, 1.807) is 6.21 Å². The maximum absolute atomic E-state index is 10.8. The van der Waals surface area contributed by atoms with Gasteiger partial charge in [0.25, 0.3) is 0 Å². The third-order valence-corrected chi connectivity index (χ3v) is 5.23. The third kappa shape index (κ3) is 4.70. The molecule has 0 saturated carbocycles. The predicted molar refractivity (Wildman–Crippen MR) is 99.1 cm³/mol. The van der Waals surface area contributed by atoms with Crippen LogP contribution in [0.25, 0.3) is 0 Å². The van der Waals surface area contributed by atoms with E-state index in [0.717, 1.165) is 57.7 Å². The van der Waals surface area contributed by atoms with Crippen LogP contribution in [-0.4, -0.2) is 78.9 Å². The lowest BCUT2D eigenvalue weighted by atomic mass is 10.0. The lowest BCUT2D eigenvalue weighted by molar-refractivity contribution is -0.138. The van der Waals surface area contributed by atoms with Gasteiger partial charge in [-0.3, -0.25) is 14.6 Å². The number of aliphatic carboxylic acids is 1. The number of benzene rings is 1. The van der Waals surface area contributed by atoms with E-state index in [-0.39, 0.29) is 6.54 Å². The first-order valence-corrected chi connectivity index (χ1v) is 8.92. The number of piperidine rings is 1. The Hall–Kier alpha value is -2.12. The molecule has 0 unspecified atom stereocenters. The number of hydrogen-bond donors (Lipinski definition) is 2. The second kappa shape index (κ2) is 8.31. The van der Waals surface area contributed by atoms with E-state index >= 15 is 0 Å². The van der Waals surface area contributed by atoms with Crippen molar-refractivity contribution in [3.63, 3.8) is 0 Å². The average molecular weight is 345 g/mol. The molecule has 2 aliphatic rings. The minimum absolute atomic E-state index is 0.172. The summed E-state index contributed by atoms with van der Waals surface area (Å²) in [5, 5.41) is 12.4. The zero-order valence-corrected chi connectivity index (χ0v) is 14.5. The molecule has 2 fully saturated rings. The number of carboxylic acids is 1. The molecule has 0 atom stereocenters. The minimum Gasteiger partial charge on any atom is -0.480 e. The smallest absolute Gasteiger partial charge is 0.317 e. The quantitative estimate of drug-likeness (QED) is 0.463. The molecule has 2 saturated heterocycles. The molecule has 7 heteroatoms. The molecule has 0 radical (unpaired) electrons. The number of hydrogen-bond acceptors (Lipinski definition) is 6. The van der Waals surface area contributed by atoms with Gasteiger partial charge in [-0.1, -0.05) is 12.1 Å². The number of hydrazone groups is 1. The van der Waals surface area contributed by atoms with Crippen LogP contribution in [0.2, 0.25) is 0 Å². The van der Waals surface area contributed by atoms with E-state index < -0.39 is 5.97 Å². The standard InChI is InChI=1S/C18H27N5O2/c19-20-13-15-1-3-16(4-2-15)22-9-11-23(12-10-22)17-5-7-21(8-6-17)14-18(24)25/h1-4,13,17H,5-12,14,19H2,(H,24,25)/b20-13+. The van der Waals surface area contributed by atoms with E-state index in [2.05, 4.69) is 27.0 Å². The maximum Gasteiger partial charge on any atom is 0.317 e. The van der Waals surface area contributed by atoms with Crippen LogP contribution in [0.1, 0.15) is 18.4 Å². The number of rotatable bonds is 5. The Kier molecular flexibility index (Phi) is 5.88. The van der Waals surface area contributed by atoms with Crippen molar-refractivity contribution in [2.75, 3.05) is 50.7 Å². The Morgan fingerprint density at radius 1 is 1.12 bits per heavy atom. The molecule has 0 spiro atoms. The van der Waals surface area contributed by atoms with Gasteiger partial charge in [-0.15, -0.1) is 0 Å². The minimum atomic E-state index is -0.726. The molecule has 0 aromatic heterocycles. The van der Waals surface area contributed by atoms with Crippen LogP contribution in [0.15, 0.2) is 29.4 Å². The molecule has 0 aliphatic carbocycles. The van der Waals surface area contributed by atoms with Gasteiger partial charge < -0.3 is 15.8 Å². The summed E-state index contributed by atoms with van der Waals surface area (Å²) >= 11 is 0. The van der Waals surface area contributed by atoms with Crippen LogP contribution in [0, 0.1) is 0 Å². The van der Waals surface area contributed by atoms with E-state index in [0.29, 0.717) is 6.04 Å². The zero-order valence-electron chi connectivity index (χ0n) is 14.5. The van der Waals surface area contributed by atoms with E-state index in [1.807, 2.05) is 17.0 Å². The fourth-order valence-corrected chi connectivity index (χ4v) is 3.84. The molecular formula is C18H27N5O2. The molecule has 0 amide bonds. The van der Waals surface area contributed by atoms with Crippen LogP contribution in [-0.2, 0) is 4.79 Å². The molecule has 0 bridgehead atoms.